The molecule has 66 valence electrons. The Kier molecular flexibility index (Phi) is 1.59. The van der Waals surface area contributed by atoms with E-state index < -0.39 is 5.97 Å². The van der Waals surface area contributed by atoms with Crippen LogP contribution in [0.15, 0.2) is 28.7 Å². The number of hydrogen-bond acceptors (Lipinski definition) is 2. The van der Waals surface area contributed by atoms with Gasteiger partial charge in [0.05, 0.1) is 0 Å². The number of fused-ring (bicyclic) bond motifs is 1. The smallest absolute Gasteiger partial charge is 0.372 e. The minimum Gasteiger partial charge on any atom is -0.475 e. The Morgan fingerprint density at radius 2 is 1.92 bits per heavy atom. The van der Waals surface area contributed by atoms with Crippen molar-refractivity contribution in [1.82, 2.24) is 0 Å². The zero-order valence-electron chi connectivity index (χ0n) is 7.07. The highest BCUT2D eigenvalue weighted by Gasteiger charge is 2.14. The van der Waals surface area contributed by atoms with Crippen LogP contribution in [0.1, 0.15) is 16.3 Å². The first-order chi connectivity index (χ1) is 6.20. The van der Waals surface area contributed by atoms with Crippen molar-refractivity contribution in [2.45, 2.75) is 6.92 Å². The summed E-state index contributed by atoms with van der Waals surface area (Å²) in [6, 6.07) is 7.25. The number of aromatic carboxylic acids is 1. The van der Waals surface area contributed by atoms with Gasteiger partial charge >= 0.3 is 5.97 Å². The summed E-state index contributed by atoms with van der Waals surface area (Å²) in [7, 11) is 0. The summed E-state index contributed by atoms with van der Waals surface area (Å²) in [6.07, 6.45) is 0. The molecule has 0 aliphatic rings. The van der Waals surface area contributed by atoms with Gasteiger partial charge in [0.15, 0.2) is 0 Å². The van der Waals surface area contributed by atoms with Crippen LogP contribution in [0, 0.1) is 6.92 Å². The lowest BCUT2D eigenvalue weighted by Gasteiger charge is -1.87. The molecule has 1 aromatic carbocycles. The molecule has 0 aliphatic carbocycles. The molecule has 0 amide bonds. The lowest BCUT2D eigenvalue weighted by atomic mass is 10.1. The zero-order chi connectivity index (χ0) is 9.42. The molecule has 13 heavy (non-hydrogen) atoms. The fourth-order valence-electron chi connectivity index (χ4n) is 1.41. The van der Waals surface area contributed by atoms with Crippen molar-refractivity contribution >= 4 is 16.7 Å². The molecule has 1 heterocycles. The van der Waals surface area contributed by atoms with Gasteiger partial charge in [0.2, 0.25) is 5.76 Å². The van der Waals surface area contributed by atoms with E-state index in [1.54, 1.807) is 19.1 Å². The molecule has 0 saturated heterocycles. The van der Waals surface area contributed by atoms with Crippen molar-refractivity contribution < 1.29 is 14.3 Å². The van der Waals surface area contributed by atoms with E-state index in [4.69, 9.17) is 9.52 Å². The van der Waals surface area contributed by atoms with Crippen LogP contribution in [0.4, 0.5) is 0 Å². The van der Waals surface area contributed by atoms with Crippen LogP contribution in [0.25, 0.3) is 10.8 Å². The van der Waals surface area contributed by atoms with E-state index in [1.807, 2.05) is 12.1 Å². The number of rotatable bonds is 1. The molecule has 0 aliphatic heterocycles. The summed E-state index contributed by atoms with van der Waals surface area (Å²) in [5.41, 5.74) is 0. The molecule has 0 spiro atoms. The average molecular weight is 176 g/mol. The number of benzene rings is 1. The maximum atomic E-state index is 10.7. The van der Waals surface area contributed by atoms with Gasteiger partial charge in [-0.2, -0.15) is 0 Å². The topological polar surface area (TPSA) is 50.4 Å². The first-order valence-electron chi connectivity index (χ1n) is 3.91. The fourth-order valence-corrected chi connectivity index (χ4v) is 1.41. The van der Waals surface area contributed by atoms with Gasteiger partial charge in [0, 0.05) is 10.8 Å². The van der Waals surface area contributed by atoms with Gasteiger partial charge in [0.25, 0.3) is 0 Å². The first kappa shape index (κ1) is 7.86. The van der Waals surface area contributed by atoms with E-state index in [2.05, 4.69) is 0 Å². The molecule has 0 saturated carbocycles. The molecular formula is C10H8O3. The SMILES string of the molecule is Cc1oc(C(=O)O)c2ccccc12. The minimum absolute atomic E-state index is 0.0214. The Balaban J connectivity index is 2.85. The Morgan fingerprint density at radius 3 is 2.54 bits per heavy atom. The normalized spacial score (nSPS) is 10.5. The maximum Gasteiger partial charge on any atom is 0.372 e. The largest absolute Gasteiger partial charge is 0.475 e. The van der Waals surface area contributed by atoms with Gasteiger partial charge in [-0.1, -0.05) is 24.3 Å². The molecule has 3 heteroatoms. The molecule has 0 bridgehead atoms. The summed E-state index contributed by atoms with van der Waals surface area (Å²) in [5.74, 6) is -0.356. The van der Waals surface area contributed by atoms with E-state index in [9.17, 15) is 4.79 Å². The van der Waals surface area contributed by atoms with Crippen LogP contribution in [-0.4, -0.2) is 11.1 Å². The van der Waals surface area contributed by atoms with Crippen molar-refractivity contribution in [2.24, 2.45) is 0 Å². The third-order valence-corrected chi connectivity index (χ3v) is 2.00. The van der Waals surface area contributed by atoms with Crippen LogP contribution in [-0.2, 0) is 0 Å². The molecule has 0 fully saturated rings. The Bertz CT molecular complexity index is 468. The lowest BCUT2D eigenvalue weighted by Crippen LogP contribution is -1.93. The van der Waals surface area contributed by atoms with Crippen molar-refractivity contribution in [1.29, 1.82) is 0 Å². The van der Waals surface area contributed by atoms with Crippen molar-refractivity contribution in [3.63, 3.8) is 0 Å². The van der Waals surface area contributed by atoms with Crippen LogP contribution in [0.3, 0.4) is 0 Å². The van der Waals surface area contributed by atoms with Crippen LogP contribution >= 0.6 is 0 Å². The number of carbonyl (C=O) groups is 1. The standard InChI is InChI=1S/C10H8O3/c1-6-7-4-2-3-5-8(7)9(13-6)10(11)12/h2-5H,1H3,(H,11,12). The quantitative estimate of drug-likeness (QED) is 0.725. The van der Waals surface area contributed by atoms with Crippen molar-refractivity contribution in [3.05, 3.63) is 35.8 Å². The summed E-state index contributed by atoms with van der Waals surface area (Å²) in [6.45, 7) is 1.76. The Hall–Kier alpha value is -1.77. The van der Waals surface area contributed by atoms with Gasteiger partial charge in [-0.3, -0.25) is 0 Å². The third-order valence-electron chi connectivity index (χ3n) is 2.00. The minimum atomic E-state index is -1.02. The molecule has 0 radical (unpaired) electrons. The number of furan rings is 1. The summed E-state index contributed by atoms with van der Waals surface area (Å²) < 4.78 is 5.13. The Morgan fingerprint density at radius 1 is 1.31 bits per heavy atom. The number of carboxylic acid groups (broad SMARTS) is 1. The van der Waals surface area contributed by atoms with Crippen LogP contribution in [0.2, 0.25) is 0 Å². The predicted molar refractivity (Wildman–Crippen MR) is 47.9 cm³/mol. The molecule has 0 atom stereocenters. The van der Waals surface area contributed by atoms with Crippen LogP contribution in [0.5, 0.6) is 0 Å². The molecule has 1 N–H and O–H groups in total. The van der Waals surface area contributed by atoms with E-state index in [-0.39, 0.29) is 5.76 Å². The lowest BCUT2D eigenvalue weighted by molar-refractivity contribution is 0.0664. The molecular weight excluding hydrogens is 168 g/mol. The second-order valence-corrected chi connectivity index (χ2v) is 2.84. The second-order valence-electron chi connectivity index (χ2n) is 2.84. The van der Waals surface area contributed by atoms with Crippen molar-refractivity contribution in [3.8, 4) is 0 Å². The first-order valence-corrected chi connectivity index (χ1v) is 3.91. The van der Waals surface area contributed by atoms with Gasteiger partial charge in [-0.15, -0.1) is 0 Å². The number of aryl methyl sites for hydroxylation is 1. The molecule has 2 aromatic rings. The molecule has 1 aromatic heterocycles. The van der Waals surface area contributed by atoms with Crippen LogP contribution < -0.4 is 0 Å². The van der Waals surface area contributed by atoms with E-state index in [0.717, 1.165) is 5.39 Å². The Labute approximate surface area is 74.6 Å². The van der Waals surface area contributed by atoms with Gasteiger partial charge in [0.1, 0.15) is 5.76 Å². The molecule has 0 unspecified atom stereocenters. The highest BCUT2D eigenvalue weighted by molar-refractivity contribution is 6.02. The van der Waals surface area contributed by atoms with E-state index >= 15 is 0 Å². The van der Waals surface area contributed by atoms with Gasteiger partial charge in [-0.25, -0.2) is 4.79 Å². The van der Waals surface area contributed by atoms with Gasteiger partial charge < -0.3 is 9.52 Å². The number of hydrogen-bond donors (Lipinski definition) is 1. The molecule has 3 nitrogen and oxygen atoms in total. The summed E-state index contributed by atoms with van der Waals surface area (Å²) in [5, 5.41) is 10.3. The van der Waals surface area contributed by atoms with Gasteiger partial charge in [-0.05, 0) is 6.92 Å². The summed E-state index contributed by atoms with van der Waals surface area (Å²) in [4.78, 5) is 10.7. The fraction of sp³-hybridized carbons (Fsp3) is 0.100. The number of carboxylic acids is 1. The van der Waals surface area contributed by atoms with Crippen molar-refractivity contribution in [2.75, 3.05) is 0 Å². The highest BCUT2D eigenvalue weighted by Crippen LogP contribution is 2.24. The third kappa shape index (κ3) is 1.09. The summed E-state index contributed by atoms with van der Waals surface area (Å²) >= 11 is 0. The highest BCUT2D eigenvalue weighted by atomic mass is 16.4. The second kappa shape index (κ2) is 2.62. The zero-order valence-corrected chi connectivity index (χ0v) is 7.07. The molecule has 2 rings (SSSR count). The van der Waals surface area contributed by atoms with E-state index in [1.165, 1.54) is 0 Å². The predicted octanol–water partition coefficient (Wildman–Crippen LogP) is 2.44. The maximum absolute atomic E-state index is 10.7. The monoisotopic (exact) mass is 176 g/mol. The average Bonchev–Trinajstić information content (AvgIpc) is 2.45. The van der Waals surface area contributed by atoms with E-state index in [0.29, 0.717) is 11.1 Å².